The minimum Gasteiger partial charge on any atom is -0.323 e. The van der Waals surface area contributed by atoms with Crippen LogP contribution in [0.5, 0.6) is 0 Å². The zero-order valence-electron chi connectivity index (χ0n) is 12.1. The second kappa shape index (κ2) is 6.18. The standard InChI is InChI=1S/C16H19BrFN3/c1-11-10-21(13-5-3-2-4-6-13)16(19-11)20-15-9-12(17)7-8-14(15)18/h7-10,13H,2-6H2,1H3,(H,19,20). The summed E-state index contributed by atoms with van der Waals surface area (Å²) in [6, 6.07) is 5.36. The van der Waals surface area contributed by atoms with Gasteiger partial charge in [-0.3, -0.25) is 0 Å². The summed E-state index contributed by atoms with van der Waals surface area (Å²) in [6.07, 6.45) is 8.23. The summed E-state index contributed by atoms with van der Waals surface area (Å²) in [5.41, 5.74) is 1.41. The highest BCUT2D eigenvalue weighted by Crippen LogP contribution is 2.32. The molecular formula is C16H19BrFN3. The fraction of sp³-hybridized carbons (Fsp3) is 0.438. The monoisotopic (exact) mass is 351 g/mol. The van der Waals surface area contributed by atoms with Crippen molar-refractivity contribution in [3.8, 4) is 0 Å². The Morgan fingerprint density at radius 3 is 2.81 bits per heavy atom. The molecule has 0 saturated heterocycles. The van der Waals surface area contributed by atoms with Gasteiger partial charge in [-0.05, 0) is 38.0 Å². The first-order valence-electron chi connectivity index (χ1n) is 7.41. The molecule has 1 aromatic heterocycles. The number of aryl methyl sites for hydroxylation is 1. The Kier molecular flexibility index (Phi) is 4.29. The summed E-state index contributed by atoms with van der Waals surface area (Å²) >= 11 is 3.38. The van der Waals surface area contributed by atoms with E-state index in [9.17, 15) is 4.39 Å². The molecule has 3 rings (SSSR count). The van der Waals surface area contributed by atoms with Crippen LogP contribution in [0.25, 0.3) is 0 Å². The molecule has 3 nitrogen and oxygen atoms in total. The zero-order chi connectivity index (χ0) is 14.8. The van der Waals surface area contributed by atoms with Crippen LogP contribution in [0.1, 0.15) is 43.8 Å². The van der Waals surface area contributed by atoms with E-state index in [0.29, 0.717) is 11.7 Å². The number of hydrogen-bond donors (Lipinski definition) is 1. The predicted molar refractivity (Wildman–Crippen MR) is 86.5 cm³/mol. The van der Waals surface area contributed by atoms with E-state index in [1.54, 1.807) is 12.1 Å². The largest absolute Gasteiger partial charge is 0.323 e. The fourth-order valence-corrected chi connectivity index (χ4v) is 3.32. The Bertz CT molecular complexity index is 632. The first-order chi connectivity index (χ1) is 10.1. The molecule has 5 heteroatoms. The van der Waals surface area contributed by atoms with Crippen molar-refractivity contribution < 1.29 is 4.39 Å². The number of aromatic nitrogens is 2. The predicted octanol–water partition coefficient (Wildman–Crippen LogP) is 5.34. The van der Waals surface area contributed by atoms with E-state index in [1.165, 1.54) is 38.2 Å². The van der Waals surface area contributed by atoms with Crippen LogP contribution in [0.4, 0.5) is 16.0 Å². The third kappa shape index (κ3) is 3.28. The lowest BCUT2D eigenvalue weighted by molar-refractivity contribution is 0.356. The molecule has 0 spiro atoms. The third-order valence-corrected chi connectivity index (χ3v) is 4.49. The number of nitrogens with zero attached hydrogens (tertiary/aromatic N) is 2. The van der Waals surface area contributed by atoms with Crippen LogP contribution >= 0.6 is 15.9 Å². The quantitative estimate of drug-likeness (QED) is 0.808. The Morgan fingerprint density at radius 1 is 1.29 bits per heavy atom. The molecule has 0 amide bonds. The lowest BCUT2D eigenvalue weighted by Gasteiger charge is -2.24. The van der Waals surface area contributed by atoms with E-state index in [2.05, 4.69) is 37.0 Å². The second-order valence-electron chi connectivity index (χ2n) is 5.65. The van der Waals surface area contributed by atoms with Crippen molar-refractivity contribution in [2.75, 3.05) is 5.32 Å². The number of anilines is 2. The van der Waals surface area contributed by atoms with Crippen molar-refractivity contribution in [1.29, 1.82) is 0 Å². The number of halogens is 2. The molecule has 1 aliphatic carbocycles. The molecule has 1 heterocycles. The van der Waals surface area contributed by atoms with Crippen LogP contribution in [-0.2, 0) is 0 Å². The van der Waals surface area contributed by atoms with Gasteiger partial charge in [0.1, 0.15) is 5.82 Å². The SMILES string of the molecule is Cc1cn(C2CCCCC2)c(Nc2cc(Br)ccc2F)n1. The average Bonchev–Trinajstić information content (AvgIpc) is 2.85. The lowest BCUT2D eigenvalue weighted by Crippen LogP contribution is -2.14. The van der Waals surface area contributed by atoms with E-state index < -0.39 is 0 Å². The Labute approximate surface area is 132 Å². The minimum atomic E-state index is -0.269. The minimum absolute atomic E-state index is 0.269. The summed E-state index contributed by atoms with van der Waals surface area (Å²) < 4.78 is 16.9. The van der Waals surface area contributed by atoms with Crippen LogP contribution in [0.2, 0.25) is 0 Å². The topological polar surface area (TPSA) is 29.9 Å². The van der Waals surface area contributed by atoms with Gasteiger partial charge in [0.15, 0.2) is 0 Å². The van der Waals surface area contributed by atoms with Crippen molar-refractivity contribution in [1.82, 2.24) is 9.55 Å². The van der Waals surface area contributed by atoms with Crippen molar-refractivity contribution in [2.45, 2.75) is 45.1 Å². The van der Waals surface area contributed by atoms with Crippen LogP contribution < -0.4 is 5.32 Å². The van der Waals surface area contributed by atoms with Gasteiger partial charge in [0.2, 0.25) is 5.95 Å². The highest BCUT2D eigenvalue weighted by molar-refractivity contribution is 9.10. The van der Waals surface area contributed by atoms with E-state index >= 15 is 0 Å². The highest BCUT2D eigenvalue weighted by atomic mass is 79.9. The first kappa shape index (κ1) is 14.6. The van der Waals surface area contributed by atoms with Gasteiger partial charge in [0.05, 0.1) is 11.4 Å². The van der Waals surface area contributed by atoms with Gasteiger partial charge >= 0.3 is 0 Å². The molecule has 2 aromatic rings. The molecule has 0 radical (unpaired) electrons. The van der Waals surface area contributed by atoms with Crippen molar-refractivity contribution in [3.63, 3.8) is 0 Å². The molecule has 0 unspecified atom stereocenters. The number of hydrogen-bond acceptors (Lipinski definition) is 2. The molecule has 1 fully saturated rings. The van der Waals surface area contributed by atoms with Crippen LogP contribution in [0.3, 0.4) is 0 Å². The zero-order valence-corrected chi connectivity index (χ0v) is 13.7. The molecule has 21 heavy (non-hydrogen) atoms. The summed E-state index contributed by atoms with van der Waals surface area (Å²) in [5, 5.41) is 3.15. The van der Waals surface area contributed by atoms with Crippen molar-refractivity contribution >= 4 is 27.6 Å². The average molecular weight is 352 g/mol. The molecule has 1 N–H and O–H groups in total. The number of benzene rings is 1. The molecule has 1 aliphatic rings. The van der Waals surface area contributed by atoms with Gasteiger partial charge in [0.25, 0.3) is 0 Å². The Hall–Kier alpha value is -1.36. The first-order valence-corrected chi connectivity index (χ1v) is 8.20. The molecule has 1 aromatic carbocycles. The maximum Gasteiger partial charge on any atom is 0.207 e. The van der Waals surface area contributed by atoms with E-state index in [-0.39, 0.29) is 5.82 Å². The van der Waals surface area contributed by atoms with Crippen LogP contribution in [0.15, 0.2) is 28.9 Å². The highest BCUT2D eigenvalue weighted by Gasteiger charge is 2.19. The van der Waals surface area contributed by atoms with Gasteiger partial charge in [-0.1, -0.05) is 35.2 Å². The van der Waals surface area contributed by atoms with E-state index in [0.717, 1.165) is 16.1 Å². The van der Waals surface area contributed by atoms with Crippen molar-refractivity contribution in [3.05, 3.63) is 40.4 Å². The van der Waals surface area contributed by atoms with Gasteiger partial charge in [0, 0.05) is 16.7 Å². The summed E-state index contributed by atoms with van der Waals surface area (Å²) in [7, 11) is 0. The lowest BCUT2D eigenvalue weighted by atomic mass is 9.95. The van der Waals surface area contributed by atoms with Crippen LogP contribution in [0, 0.1) is 12.7 Å². The molecular weight excluding hydrogens is 333 g/mol. The molecule has 112 valence electrons. The second-order valence-corrected chi connectivity index (χ2v) is 6.57. The van der Waals surface area contributed by atoms with Gasteiger partial charge in [-0.2, -0.15) is 0 Å². The van der Waals surface area contributed by atoms with E-state index in [4.69, 9.17) is 0 Å². The Morgan fingerprint density at radius 2 is 2.05 bits per heavy atom. The van der Waals surface area contributed by atoms with Gasteiger partial charge in [-0.25, -0.2) is 9.37 Å². The van der Waals surface area contributed by atoms with Gasteiger partial charge in [-0.15, -0.1) is 0 Å². The number of rotatable bonds is 3. The van der Waals surface area contributed by atoms with E-state index in [1.807, 2.05) is 6.92 Å². The Balaban J connectivity index is 1.89. The van der Waals surface area contributed by atoms with Gasteiger partial charge < -0.3 is 9.88 Å². The molecule has 0 atom stereocenters. The molecule has 0 bridgehead atoms. The molecule has 0 aliphatic heterocycles. The third-order valence-electron chi connectivity index (χ3n) is 4.00. The number of imidazole rings is 1. The normalized spacial score (nSPS) is 16.1. The van der Waals surface area contributed by atoms with Crippen molar-refractivity contribution in [2.24, 2.45) is 0 Å². The summed E-state index contributed by atoms with van der Waals surface area (Å²) in [6.45, 7) is 1.97. The summed E-state index contributed by atoms with van der Waals surface area (Å²) in [4.78, 5) is 4.52. The maximum absolute atomic E-state index is 13.9. The van der Waals surface area contributed by atoms with Crippen LogP contribution in [-0.4, -0.2) is 9.55 Å². The fourth-order valence-electron chi connectivity index (χ4n) is 2.96. The summed E-state index contributed by atoms with van der Waals surface area (Å²) in [5.74, 6) is 0.463. The molecule has 1 saturated carbocycles. The number of nitrogens with one attached hydrogen (secondary N) is 1. The maximum atomic E-state index is 13.9. The smallest absolute Gasteiger partial charge is 0.207 e.